The van der Waals surface area contributed by atoms with Crippen LogP contribution in [0.3, 0.4) is 0 Å². The molecule has 3 aromatic rings. The first-order chi connectivity index (χ1) is 11.5. The van der Waals surface area contributed by atoms with Gasteiger partial charge in [-0.3, -0.25) is 0 Å². The van der Waals surface area contributed by atoms with Crippen molar-refractivity contribution in [2.24, 2.45) is 5.92 Å². The summed E-state index contributed by atoms with van der Waals surface area (Å²) >= 11 is 3.41. The van der Waals surface area contributed by atoms with E-state index in [1.807, 2.05) is 37.3 Å². The molecular weight excluding hydrogens is 374 g/mol. The molecule has 3 rings (SSSR count). The van der Waals surface area contributed by atoms with Crippen molar-refractivity contribution in [1.82, 2.24) is 15.3 Å². The molecule has 0 N–H and O–H groups in total. The summed E-state index contributed by atoms with van der Waals surface area (Å²) < 4.78 is 17.6. The molecule has 6 nitrogen and oxygen atoms in total. The molecule has 7 heteroatoms. The minimum Gasteiger partial charge on any atom is -0.482 e. The first-order valence-corrected chi connectivity index (χ1v) is 8.47. The van der Waals surface area contributed by atoms with Crippen LogP contribution in [0.4, 0.5) is 0 Å². The van der Waals surface area contributed by atoms with Crippen LogP contribution in [0.15, 0.2) is 43.9 Å². The van der Waals surface area contributed by atoms with Crippen LogP contribution in [0.25, 0.3) is 0 Å². The van der Waals surface area contributed by atoms with Gasteiger partial charge in [-0.05, 0) is 37.1 Å². The van der Waals surface area contributed by atoms with Crippen LogP contribution in [0.1, 0.15) is 43.1 Å². The predicted octanol–water partition coefficient (Wildman–Crippen LogP) is 4.50. The third kappa shape index (κ3) is 4.03. The normalized spacial score (nSPS) is 12.5. The van der Waals surface area contributed by atoms with Crippen LogP contribution in [0, 0.1) is 12.8 Å². The van der Waals surface area contributed by atoms with Gasteiger partial charge in [-0.25, -0.2) is 0 Å². The summed E-state index contributed by atoms with van der Waals surface area (Å²) in [6.07, 6.45) is 0.122. The SMILES string of the molecule is Cc1cc(Cc2nc(C(Oc3ccc(Br)cc3)C(C)C)no2)on1. The molecule has 126 valence electrons. The van der Waals surface area contributed by atoms with Gasteiger partial charge in [0.2, 0.25) is 11.7 Å². The Kier molecular flexibility index (Phi) is 4.99. The van der Waals surface area contributed by atoms with Crippen LogP contribution < -0.4 is 4.74 Å². The molecule has 0 fully saturated rings. The van der Waals surface area contributed by atoms with Gasteiger partial charge in [0.1, 0.15) is 11.5 Å². The second kappa shape index (κ2) is 7.17. The number of halogens is 1. The number of aromatic nitrogens is 3. The second-order valence-electron chi connectivity index (χ2n) is 5.89. The smallest absolute Gasteiger partial charge is 0.234 e. The molecule has 0 aliphatic heterocycles. The zero-order chi connectivity index (χ0) is 17.1. The summed E-state index contributed by atoms with van der Waals surface area (Å²) in [5.74, 6) is 2.64. The van der Waals surface area contributed by atoms with Crippen molar-refractivity contribution >= 4 is 15.9 Å². The molecule has 0 saturated carbocycles. The fourth-order valence-corrected chi connectivity index (χ4v) is 2.52. The summed E-state index contributed by atoms with van der Waals surface area (Å²) in [5, 5.41) is 7.92. The highest BCUT2D eigenvalue weighted by atomic mass is 79.9. The molecule has 0 aliphatic carbocycles. The first kappa shape index (κ1) is 16.7. The van der Waals surface area contributed by atoms with Gasteiger partial charge in [-0.2, -0.15) is 4.98 Å². The highest BCUT2D eigenvalue weighted by Gasteiger charge is 2.24. The molecule has 0 aliphatic rings. The lowest BCUT2D eigenvalue weighted by Gasteiger charge is -2.19. The molecule has 0 spiro atoms. The zero-order valence-corrected chi connectivity index (χ0v) is 15.3. The van der Waals surface area contributed by atoms with Crippen LogP contribution in [0.2, 0.25) is 0 Å². The standard InChI is InChI=1S/C17H18BrN3O3/c1-10(2)16(22-13-6-4-12(18)5-7-13)17-19-15(24-21-17)9-14-8-11(3)20-23-14/h4-8,10,16H,9H2,1-3H3. The predicted molar refractivity (Wildman–Crippen MR) is 90.7 cm³/mol. The fourth-order valence-electron chi connectivity index (χ4n) is 2.25. The van der Waals surface area contributed by atoms with Crippen molar-refractivity contribution in [2.75, 3.05) is 0 Å². The van der Waals surface area contributed by atoms with Gasteiger partial charge in [0.05, 0.1) is 12.1 Å². The van der Waals surface area contributed by atoms with Crippen LogP contribution >= 0.6 is 15.9 Å². The van der Waals surface area contributed by atoms with Crippen molar-refractivity contribution in [1.29, 1.82) is 0 Å². The maximum Gasteiger partial charge on any atom is 0.234 e. The average molecular weight is 392 g/mol. The molecular formula is C17H18BrN3O3. The maximum absolute atomic E-state index is 6.04. The number of hydrogen-bond acceptors (Lipinski definition) is 6. The molecule has 0 radical (unpaired) electrons. The number of rotatable bonds is 6. The van der Waals surface area contributed by atoms with Crippen molar-refractivity contribution in [2.45, 2.75) is 33.3 Å². The highest BCUT2D eigenvalue weighted by molar-refractivity contribution is 9.10. The Bertz CT molecular complexity index is 796. The van der Waals surface area contributed by atoms with Crippen LogP contribution in [0.5, 0.6) is 5.75 Å². The van der Waals surface area contributed by atoms with E-state index in [0.29, 0.717) is 23.9 Å². The van der Waals surface area contributed by atoms with E-state index in [1.54, 1.807) is 0 Å². The van der Waals surface area contributed by atoms with E-state index >= 15 is 0 Å². The Labute approximate surface area is 148 Å². The summed E-state index contributed by atoms with van der Waals surface area (Å²) in [4.78, 5) is 4.45. The van der Waals surface area contributed by atoms with E-state index in [2.05, 4.69) is 45.1 Å². The molecule has 2 aromatic heterocycles. The molecule has 0 bridgehead atoms. The highest BCUT2D eigenvalue weighted by Crippen LogP contribution is 2.27. The Morgan fingerprint density at radius 1 is 1.12 bits per heavy atom. The third-order valence-corrected chi connectivity index (χ3v) is 3.95. The molecule has 24 heavy (non-hydrogen) atoms. The summed E-state index contributed by atoms with van der Waals surface area (Å²) in [6, 6.07) is 9.51. The number of aryl methyl sites for hydroxylation is 1. The van der Waals surface area contributed by atoms with E-state index in [-0.39, 0.29) is 12.0 Å². The minimum atomic E-state index is -0.292. The molecule has 2 heterocycles. The van der Waals surface area contributed by atoms with Crippen molar-refractivity contribution < 1.29 is 13.8 Å². The van der Waals surface area contributed by atoms with Crippen molar-refractivity contribution in [3.63, 3.8) is 0 Å². The number of benzene rings is 1. The van der Waals surface area contributed by atoms with Gasteiger partial charge in [-0.15, -0.1) is 0 Å². The number of hydrogen-bond donors (Lipinski definition) is 0. The van der Waals surface area contributed by atoms with E-state index in [1.165, 1.54) is 0 Å². The largest absolute Gasteiger partial charge is 0.482 e. The van der Waals surface area contributed by atoms with Gasteiger partial charge in [0.25, 0.3) is 0 Å². The molecule has 0 amide bonds. The van der Waals surface area contributed by atoms with E-state index < -0.39 is 0 Å². The minimum absolute atomic E-state index is 0.187. The monoisotopic (exact) mass is 391 g/mol. The summed E-state index contributed by atoms with van der Waals surface area (Å²) in [7, 11) is 0. The summed E-state index contributed by atoms with van der Waals surface area (Å²) in [6.45, 7) is 5.98. The van der Waals surface area contributed by atoms with Gasteiger partial charge in [-0.1, -0.05) is 40.1 Å². The molecule has 1 unspecified atom stereocenters. The lowest BCUT2D eigenvalue weighted by atomic mass is 10.1. The van der Waals surface area contributed by atoms with Crippen LogP contribution in [-0.2, 0) is 6.42 Å². The van der Waals surface area contributed by atoms with E-state index in [4.69, 9.17) is 13.8 Å². The topological polar surface area (TPSA) is 74.2 Å². The molecule has 1 atom stereocenters. The van der Waals surface area contributed by atoms with E-state index in [9.17, 15) is 0 Å². The average Bonchev–Trinajstić information content (AvgIpc) is 3.16. The molecule has 1 aromatic carbocycles. The van der Waals surface area contributed by atoms with Crippen molar-refractivity contribution in [3.8, 4) is 5.75 Å². The maximum atomic E-state index is 6.04. The Balaban J connectivity index is 1.75. The fraction of sp³-hybridized carbons (Fsp3) is 0.353. The first-order valence-electron chi connectivity index (χ1n) is 7.68. The third-order valence-electron chi connectivity index (χ3n) is 3.42. The van der Waals surface area contributed by atoms with Gasteiger partial charge < -0.3 is 13.8 Å². The van der Waals surface area contributed by atoms with Gasteiger partial charge >= 0.3 is 0 Å². The number of ether oxygens (including phenoxy) is 1. The quantitative estimate of drug-likeness (QED) is 0.615. The Morgan fingerprint density at radius 2 is 1.88 bits per heavy atom. The lowest BCUT2D eigenvalue weighted by Crippen LogP contribution is -2.16. The lowest BCUT2D eigenvalue weighted by molar-refractivity contribution is 0.141. The van der Waals surface area contributed by atoms with E-state index in [0.717, 1.165) is 15.9 Å². The number of nitrogens with zero attached hydrogens (tertiary/aromatic N) is 3. The Hall–Kier alpha value is -2.15. The Morgan fingerprint density at radius 3 is 2.50 bits per heavy atom. The van der Waals surface area contributed by atoms with Gasteiger partial charge in [0, 0.05) is 10.5 Å². The van der Waals surface area contributed by atoms with Crippen molar-refractivity contribution in [3.05, 3.63) is 58.0 Å². The van der Waals surface area contributed by atoms with Gasteiger partial charge in [0.15, 0.2) is 6.10 Å². The molecule has 0 saturated heterocycles. The zero-order valence-electron chi connectivity index (χ0n) is 13.7. The second-order valence-corrected chi connectivity index (χ2v) is 6.81. The summed E-state index contributed by atoms with van der Waals surface area (Å²) in [5.41, 5.74) is 0.823. The van der Waals surface area contributed by atoms with Crippen LogP contribution in [-0.4, -0.2) is 15.3 Å².